The normalized spacial score (nSPS) is 14.4. The van der Waals surface area contributed by atoms with Crippen LogP contribution in [0.15, 0.2) is 0 Å². The molecule has 0 saturated carbocycles. The van der Waals surface area contributed by atoms with Crippen LogP contribution in [0.5, 0.6) is 0 Å². The van der Waals surface area contributed by atoms with Gasteiger partial charge in [-0.25, -0.2) is 8.42 Å². The summed E-state index contributed by atoms with van der Waals surface area (Å²) in [6.45, 7) is 9.98. The number of ether oxygens (including phenoxy) is 2. The van der Waals surface area contributed by atoms with Crippen LogP contribution in [0.25, 0.3) is 0 Å². The molecule has 27 heavy (non-hydrogen) atoms. The molecule has 7 heteroatoms. The molecule has 164 valence electrons. The van der Waals surface area contributed by atoms with Crippen LogP contribution in [0.1, 0.15) is 71.6 Å². The van der Waals surface area contributed by atoms with Gasteiger partial charge >= 0.3 is 0 Å². The second-order valence-electron chi connectivity index (χ2n) is 7.75. The third-order valence-electron chi connectivity index (χ3n) is 4.93. The van der Waals surface area contributed by atoms with Crippen molar-refractivity contribution in [2.24, 2.45) is 0 Å². The van der Waals surface area contributed by atoms with Gasteiger partial charge < -0.3 is 18.5 Å². The van der Waals surface area contributed by atoms with Crippen LogP contribution in [0.2, 0.25) is 0 Å². The number of hydrogen-bond acceptors (Lipinski definition) is 5. The highest BCUT2D eigenvalue weighted by Crippen LogP contribution is 2.12. The number of nitrogens with zero attached hydrogens (tertiary/aromatic N) is 1. The summed E-state index contributed by atoms with van der Waals surface area (Å²) >= 11 is 0. The van der Waals surface area contributed by atoms with Gasteiger partial charge in [0.15, 0.2) is 0 Å². The molecule has 0 fully saturated rings. The van der Waals surface area contributed by atoms with Gasteiger partial charge in [-0.15, -0.1) is 0 Å². The van der Waals surface area contributed by atoms with E-state index in [-0.39, 0.29) is 5.75 Å². The summed E-state index contributed by atoms with van der Waals surface area (Å²) in [5.41, 5.74) is 0. The van der Waals surface area contributed by atoms with E-state index in [0.29, 0.717) is 26.2 Å². The van der Waals surface area contributed by atoms with E-state index in [1.54, 1.807) is 0 Å². The first-order valence-electron chi connectivity index (χ1n) is 10.8. The first kappa shape index (κ1) is 26.8. The smallest absolute Gasteiger partial charge is 0.102 e. The van der Waals surface area contributed by atoms with Gasteiger partial charge in [-0.2, -0.15) is 0 Å². The van der Waals surface area contributed by atoms with Crippen LogP contribution in [-0.2, 0) is 19.6 Å². The van der Waals surface area contributed by atoms with Crippen molar-refractivity contribution in [3.8, 4) is 0 Å². The average molecular weight is 410 g/mol. The van der Waals surface area contributed by atoms with E-state index in [9.17, 15) is 13.0 Å². The molecule has 0 aliphatic carbocycles. The van der Waals surface area contributed by atoms with Gasteiger partial charge in [0.2, 0.25) is 0 Å². The van der Waals surface area contributed by atoms with Crippen LogP contribution in [0.4, 0.5) is 0 Å². The zero-order valence-electron chi connectivity index (χ0n) is 17.9. The van der Waals surface area contributed by atoms with Crippen LogP contribution in [-0.4, -0.2) is 76.3 Å². The van der Waals surface area contributed by atoms with Crippen molar-refractivity contribution in [1.29, 1.82) is 0 Å². The Kier molecular flexibility index (Phi) is 16.6. The fourth-order valence-electron chi connectivity index (χ4n) is 3.06. The Morgan fingerprint density at radius 1 is 0.704 bits per heavy atom. The fraction of sp³-hybridized carbons (Fsp3) is 1.00. The zero-order chi connectivity index (χ0) is 20.4. The van der Waals surface area contributed by atoms with Crippen LogP contribution >= 0.6 is 0 Å². The van der Waals surface area contributed by atoms with E-state index in [1.165, 1.54) is 32.1 Å². The summed E-state index contributed by atoms with van der Waals surface area (Å²) in [6, 6.07) is 0. The predicted molar refractivity (Wildman–Crippen MR) is 110 cm³/mol. The molecule has 1 atom stereocenters. The van der Waals surface area contributed by atoms with Gasteiger partial charge in [0.25, 0.3) is 0 Å². The summed E-state index contributed by atoms with van der Waals surface area (Å²) in [4.78, 5) is 0. The van der Waals surface area contributed by atoms with Crippen molar-refractivity contribution in [3.05, 3.63) is 0 Å². The molecule has 0 aromatic carbocycles. The number of unbranched alkanes of at least 4 members (excludes halogenated alkanes) is 6. The summed E-state index contributed by atoms with van der Waals surface area (Å²) in [7, 11) is -1.88. The molecular weight excluding hydrogens is 366 g/mol. The zero-order valence-corrected chi connectivity index (χ0v) is 18.7. The van der Waals surface area contributed by atoms with E-state index in [0.717, 1.165) is 50.0 Å². The van der Waals surface area contributed by atoms with Gasteiger partial charge in [0.1, 0.15) is 6.54 Å². The van der Waals surface area contributed by atoms with E-state index in [4.69, 9.17) is 9.47 Å². The van der Waals surface area contributed by atoms with Crippen LogP contribution in [0, 0.1) is 0 Å². The summed E-state index contributed by atoms with van der Waals surface area (Å²) in [5, 5.41) is 0. The molecule has 6 nitrogen and oxygen atoms in total. The van der Waals surface area contributed by atoms with Crippen molar-refractivity contribution >= 4 is 10.1 Å². The topological polar surface area (TPSA) is 75.7 Å². The maximum atomic E-state index is 10.8. The highest BCUT2D eigenvalue weighted by Gasteiger charge is 2.20. The quantitative estimate of drug-likeness (QED) is 0.175. The molecule has 0 spiro atoms. The minimum atomic E-state index is -4.10. The van der Waals surface area contributed by atoms with Gasteiger partial charge in [-0.1, -0.05) is 39.5 Å². The van der Waals surface area contributed by atoms with Gasteiger partial charge in [0.05, 0.1) is 50.1 Å². The number of hydrogen-bond donors (Lipinski definition) is 0. The summed E-state index contributed by atoms with van der Waals surface area (Å²) < 4.78 is 44.4. The number of rotatable bonds is 20. The maximum absolute atomic E-state index is 10.8. The van der Waals surface area contributed by atoms with E-state index < -0.39 is 10.1 Å². The fourth-order valence-corrected chi connectivity index (χ4v) is 3.62. The maximum Gasteiger partial charge on any atom is 0.102 e. The Hall–Kier alpha value is -0.210. The Morgan fingerprint density at radius 2 is 1.26 bits per heavy atom. The molecule has 0 radical (unpaired) electrons. The first-order chi connectivity index (χ1) is 12.8. The van der Waals surface area contributed by atoms with Crippen molar-refractivity contribution in [2.75, 3.05) is 58.9 Å². The molecule has 0 saturated heterocycles. The molecule has 0 N–H and O–H groups in total. The molecule has 0 rings (SSSR count). The molecular formula is C20H43NO5S. The Bertz CT molecular complexity index is 430. The lowest BCUT2D eigenvalue weighted by Gasteiger charge is -2.35. The van der Waals surface area contributed by atoms with Crippen LogP contribution in [0.3, 0.4) is 0 Å². The summed E-state index contributed by atoms with van der Waals surface area (Å²) in [5.74, 6) is -0.255. The first-order valence-corrected chi connectivity index (χ1v) is 12.3. The van der Waals surface area contributed by atoms with E-state index >= 15 is 0 Å². The predicted octanol–water partition coefficient (Wildman–Crippen LogP) is 3.56. The highest BCUT2D eigenvalue weighted by molar-refractivity contribution is 7.85. The molecule has 0 amide bonds. The minimum absolute atomic E-state index is 0.255. The minimum Gasteiger partial charge on any atom is -0.748 e. The van der Waals surface area contributed by atoms with Crippen LogP contribution < -0.4 is 0 Å². The Labute approximate surface area is 167 Å². The SMILES string of the molecule is CCCCCCC[N+](C)(CCCCS(=O)(=O)[O-])CCOCCOCCCC. The molecule has 0 aliphatic heterocycles. The lowest BCUT2D eigenvalue weighted by atomic mass is 10.1. The average Bonchev–Trinajstić information content (AvgIpc) is 2.60. The second-order valence-corrected chi connectivity index (χ2v) is 9.28. The van der Waals surface area contributed by atoms with Crippen molar-refractivity contribution in [1.82, 2.24) is 0 Å². The third-order valence-corrected chi connectivity index (χ3v) is 5.72. The summed E-state index contributed by atoms with van der Waals surface area (Å²) in [6.07, 6.45) is 9.65. The standard InChI is InChI=1S/C20H43NO5S/c1-4-6-8-9-10-13-21(3,14-11-12-20-27(22,23)24)15-17-26-19-18-25-16-7-5-2/h4-20H2,1-3H3. The van der Waals surface area contributed by atoms with Crippen molar-refractivity contribution in [3.63, 3.8) is 0 Å². The lowest BCUT2D eigenvalue weighted by molar-refractivity contribution is -0.910. The Morgan fingerprint density at radius 3 is 1.85 bits per heavy atom. The van der Waals surface area contributed by atoms with Gasteiger partial charge in [-0.3, -0.25) is 0 Å². The number of likely N-dealkylation sites (N-methyl/N-ethyl adjacent to an activating group) is 1. The number of quaternary nitrogens is 1. The van der Waals surface area contributed by atoms with Gasteiger partial charge in [0, 0.05) is 12.4 Å². The van der Waals surface area contributed by atoms with Crippen molar-refractivity contribution < 1.29 is 26.9 Å². The molecule has 0 aromatic heterocycles. The van der Waals surface area contributed by atoms with E-state index in [2.05, 4.69) is 20.9 Å². The monoisotopic (exact) mass is 409 g/mol. The molecule has 0 heterocycles. The van der Waals surface area contributed by atoms with Crippen molar-refractivity contribution in [2.45, 2.75) is 71.6 Å². The van der Waals surface area contributed by atoms with E-state index in [1.807, 2.05) is 0 Å². The van der Waals surface area contributed by atoms with Gasteiger partial charge in [-0.05, 0) is 32.1 Å². The Balaban J connectivity index is 4.13. The molecule has 0 bridgehead atoms. The highest BCUT2D eigenvalue weighted by atomic mass is 32.2. The molecule has 0 aliphatic rings. The largest absolute Gasteiger partial charge is 0.748 e. The second kappa shape index (κ2) is 16.7. The molecule has 1 unspecified atom stereocenters. The molecule has 0 aromatic rings. The lowest BCUT2D eigenvalue weighted by Crippen LogP contribution is -2.48. The third kappa shape index (κ3) is 18.9.